The molecule has 0 bridgehead atoms. The van der Waals surface area contributed by atoms with Crippen molar-refractivity contribution in [2.45, 2.75) is 57.7 Å². The summed E-state index contributed by atoms with van der Waals surface area (Å²) in [4.78, 5) is 4.64. The molecule has 3 fully saturated rings. The summed E-state index contributed by atoms with van der Waals surface area (Å²) < 4.78 is 67.5. The second-order valence-electron chi connectivity index (χ2n) is 8.70. The first-order valence-electron chi connectivity index (χ1n) is 10.2. The van der Waals surface area contributed by atoms with Crippen LogP contribution in [0.15, 0.2) is 4.99 Å². The molecule has 29 heavy (non-hydrogen) atoms. The molecule has 3 rings (SSSR count). The Morgan fingerprint density at radius 2 is 1.90 bits per heavy atom. The molecule has 3 atom stereocenters. The van der Waals surface area contributed by atoms with E-state index in [2.05, 4.69) is 29.5 Å². The monoisotopic (exact) mass is 440 g/mol. The van der Waals surface area contributed by atoms with E-state index in [1.54, 1.807) is 0 Å². The number of alkyl halides is 3. The Balaban J connectivity index is 1.55. The smallest absolute Gasteiger partial charge is 0.377 e. The van der Waals surface area contributed by atoms with Crippen molar-refractivity contribution in [3.05, 3.63) is 0 Å². The van der Waals surface area contributed by atoms with Crippen molar-refractivity contribution in [1.82, 2.24) is 14.9 Å². The minimum atomic E-state index is -5.24. The first-order valence-corrected chi connectivity index (χ1v) is 11.7. The lowest BCUT2D eigenvalue weighted by atomic mass is 9.57. The number of hydrogen-bond acceptors (Lipinski definition) is 4. The van der Waals surface area contributed by atoms with Gasteiger partial charge in [0.1, 0.15) is 0 Å². The van der Waals surface area contributed by atoms with Crippen LogP contribution in [0.4, 0.5) is 13.2 Å². The number of guanidine groups is 1. The molecule has 0 amide bonds. The lowest BCUT2D eigenvalue weighted by Crippen LogP contribution is -2.68. The van der Waals surface area contributed by atoms with Crippen molar-refractivity contribution in [2.24, 2.45) is 22.2 Å². The Labute approximate surface area is 170 Å². The van der Waals surface area contributed by atoms with Crippen molar-refractivity contribution in [2.75, 3.05) is 32.8 Å². The third kappa shape index (κ3) is 4.36. The molecular formula is C18H31F3N4O3S. The number of ether oxygens (including phenoxy) is 1. The zero-order valence-electron chi connectivity index (χ0n) is 17.1. The first-order chi connectivity index (χ1) is 13.5. The van der Waals surface area contributed by atoms with Crippen LogP contribution in [0.1, 0.15) is 40.0 Å². The van der Waals surface area contributed by atoms with Gasteiger partial charge in [-0.05, 0) is 32.1 Å². The van der Waals surface area contributed by atoms with Gasteiger partial charge in [0.25, 0.3) is 0 Å². The molecule has 2 N–H and O–H groups in total. The largest absolute Gasteiger partial charge is 0.511 e. The van der Waals surface area contributed by atoms with Gasteiger partial charge in [-0.25, -0.2) is 8.42 Å². The second-order valence-corrected chi connectivity index (χ2v) is 10.6. The number of aliphatic imine (C=N–C) groups is 1. The predicted octanol–water partition coefficient (Wildman–Crippen LogP) is 1.92. The first kappa shape index (κ1) is 22.6. The fourth-order valence-corrected chi connectivity index (χ4v) is 5.77. The number of halogens is 3. The van der Waals surface area contributed by atoms with Crippen LogP contribution in [-0.2, 0) is 14.8 Å². The highest BCUT2D eigenvalue weighted by Gasteiger charge is 2.59. The molecule has 3 unspecified atom stereocenters. The summed E-state index contributed by atoms with van der Waals surface area (Å²) in [6.07, 6.45) is 2.03. The summed E-state index contributed by atoms with van der Waals surface area (Å²) >= 11 is 0. The van der Waals surface area contributed by atoms with Crippen LogP contribution in [-0.4, -0.2) is 69.1 Å². The summed E-state index contributed by atoms with van der Waals surface area (Å²) in [7, 11) is -5.23. The summed E-state index contributed by atoms with van der Waals surface area (Å²) in [5.41, 5.74) is -5.23. The fourth-order valence-electron chi connectivity index (χ4n) is 4.78. The molecule has 1 aliphatic carbocycles. The molecule has 2 heterocycles. The van der Waals surface area contributed by atoms with Gasteiger partial charge in [0.05, 0.1) is 6.10 Å². The molecule has 1 saturated carbocycles. The number of nitrogens with one attached hydrogen (secondary N) is 2. The molecule has 11 heteroatoms. The van der Waals surface area contributed by atoms with E-state index in [1.165, 1.54) is 0 Å². The minimum absolute atomic E-state index is 0.00858. The third-order valence-corrected chi connectivity index (χ3v) is 8.08. The standard InChI is InChI=1S/C18H31F3N4O3S/c1-4-22-16(24-14-13-7-10-28-15(13)17(14,2)3)23-11-12-5-8-25(9-6-12)29(26,27)18(19,20)21/h12-15H,4-11H2,1-3H3,(H2,22,23,24). The van der Waals surface area contributed by atoms with E-state index in [0.29, 0.717) is 42.1 Å². The zero-order valence-corrected chi connectivity index (χ0v) is 17.9. The number of sulfonamides is 1. The molecule has 2 aliphatic heterocycles. The van der Waals surface area contributed by atoms with Crippen LogP contribution in [0.2, 0.25) is 0 Å². The number of piperidine rings is 1. The molecule has 0 aromatic rings. The van der Waals surface area contributed by atoms with Crippen LogP contribution in [0, 0.1) is 17.3 Å². The molecule has 168 valence electrons. The average Bonchev–Trinajstić information content (AvgIpc) is 3.10. The maximum absolute atomic E-state index is 12.7. The molecule has 0 radical (unpaired) electrons. The van der Waals surface area contributed by atoms with Crippen molar-refractivity contribution < 1.29 is 26.3 Å². The number of rotatable bonds is 5. The highest BCUT2D eigenvalue weighted by atomic mass is 32.2. The second kappa shape index (κ2) is 8.22. The van der Waals surface area contributed by atoms with Crippen LogP contribution in [0.25, 0.3) is 0 Å². The van der Waals surface area contributed by atoms with E-state index in [9.17, 15) is 21.6 Å². The van der Waals surface area contributed by atoms with Gasteiger partial charge < -0.3 is 15.4 Å². The van der Waals surface area contributed by atoms with Crippen LogP contribution < -0.4 is 10.6 Å². The lowest BCUT2D eigenvalue weighted by Gasteiger charge is -2.55. The highest BCUT2D eigenvalue weighted by molar-refractivity contribution is 7.90. The van der Waals surface area contributed by atoms with Crippen LogP contribution in [0.5, 0.6) is 0 Å². The van der Waals surface area contributed by atoms with E-state index in [4.69, 9.17) is 4.74 Å². The van der Waals surface area contributed by atoms with Crippen molar-refractivity contribution in [1.29, 1.82) is 0 Å². The molecule has 0 spiro atoms. The fraction of sp³-hybridized carbons (Fsp3) is 0.944. The van der Waals surface area contributed by atoms with Gasteiger partial charge in [0.15, 0.2) is 5.96 Å². The quantitative estimate of drug-likeness (QED) is 0.504. The lowest BCUT2D eigenvalue weighted by molar-refractivity contribution is -0.106. The van der Waals surface area contributed by atoms with E-state index < -0.39 is 15.5 Å². The van der Waals surface area contributed by atoms with Gasteiger partial charge in [-0.2, -0.15) is 17.5 Å². The molecule has 2 saturated heterocycles. The van der Waals surface area contributed by atoms with Crippen LogP contribution in [0.3, 0.4) is 0 Å². The molecule has 3 aliphatic rings. The summed E-state index contributed by atoms with van der Waals surface area (Å²) in [5, 5.41) is 6.75. The summed E-state index contributed by atoms with van der Waals surface area (Å²) in [6, 6.07) is 0.256. The summed E-state index contributed by atoms with van der Waals surface area (Å²) in [5.74, 6) is 1.22. The Morgan fingerprint density at radius 1 is 1.24 bits per heavy atom. The number of hydrogen-bond donors (Lipinski definition) is 2. The SMILES string of the molecule is CCNC(=NCC1CCN(S(=O)(=O)C(F)(F)F)CC1)NC1C2CCOC2C1(C)C. The van der Waals surface area contributed by atoms with Crippen molar-refractivity contribution in [3.8, 4) is 0 Å². The van der Waals surface area contributed by atoms with Crippen molar-refractivity contribution in [3.63, 3.8) is 0 Å². The topological polar surface area (TPSA) is 83.0 Å². The van der Waals surface area contributed by atoms with Gasteiger partial charge in [0.2, 0.25) is 0 Å². The van der Waals surface area contributed by atoms with Gasteiger partial charge in [0, 0.05) is 50.2 Å². The molecule has 7 nitrogen and oxygen atoms in total. The minimum Gasteiger partial charge on any atom is -0.377 e. The van der Waals surface area contributed by atoms with Crippen LogP contribution >= 0.6 is 0 Å². The molecular weight excluding hydrogens is 409 g/mol. The van der Waals surface area contributed by atoms with E-state index >= 15 is 0 Å². The maximum Gasteiger partial charge on any atom is 0.511 e. The third-order valence-electron chi connectivity index (χ3n) is 6.45. The molecule has 0 aromatic carbocycles. The zero-order chi connectivity index (χ0) is 21.4. The average molecular weight is 441 g/mol. The van der Waals surface area contributed by atoms with E-state index in [-0.39, 0.29) is 36.6 Å². The summed E-state index contributed by atoms with van der Waals surface area (Å²) in [6.45, 7) is 8.02. The predicted molar refractivity (Wildman–Crippen MR) is 104 cm³/mol. The van der Waals surface area contributed by atoms with Gasteiger partial charge >= 0.3 is 15.5 Å². The Morgan fingerprint density at radius 3 is 2.48 bits per heavy atom. The van der Waals surface area contributed by atoms with Gasteiger partial charge in [-0.1, -0.05) is 13.8 Å². The maximum atomic E-state index is 12.7. The number of nitrogens with zero attached hydrogens (tertiary/aromatic N) is 2. The van der Waals surface area contributed by atoms with Gasteiger partial charge in [-0.3, -0.25) is 4.99 Å². The van der Waals surface area contributed by atoms with E-state index in [0.717, 1.165) is 13.0 Å². The van der Waals surface area contributed by atoms with Crippen molar-refractivity contribution >= 4 is 16.0 Å². The molecule has 0 aromatic heterocycles. The Hall–Kier alpha value is -1.07. The van der Waals surface area contributed by atoms with Gasteiger partial charge in [-0.15, -0.1) is 0 Å². The highest BCUT2D eigenvalue weighted by Crippen LogP contribution is 2.52. The Bertz CT molecular complexity index is 718. The number of fused-ring (bicyclic) bond motifs is 1. The van der Waals surface area contributed by atoms with E-state index in [1.807, 2.05) is 6.92 Å². The normalized spacial score (nSPS) is 31.2. The Kier molecular flexibility index (Phi) is 6.41.